The van der Waals surface area contributed by atoms with Crippen molar-refractivity contribution in [2.75, 3.05) is 6.61 Å². The normalized spacial score (nSPS) is 11.4. The molecule has 146 valence electrons. The molecule has 0 bridgehead atoms. The van der Waals surface area contributed by atoms with Crippen LogP contribution in [0.5, 0.6) is 11.5 Å². The van der Waals surface area contributed by atoms with Gasteiger partial charge in [-0.05, 0) is 71.7 Å². The minimum absolute atomic E-state index is 0.0514. The van der Waals surface area contributed by atoms with E-state index in [0.717, 1.165) is 32.4 Å². The molecule has 0 saturated heterocycles. The third-order valence-corrected chi connectivity index (χ3v) is 5.17. The van der Waals surface area contributed by atoms with E-state index in [2.05, 4.69) is 25.9 Å². The van der Waals surface area contributed by atoms with Gasteiger partial charge in [-0.1, -0.05) is 18.2 Å². The molecular weight excluding hydrogens is 432 g/mol. The van der Waals surface area contributed by atoms with E-state index < -0.39 is 0 Å². The lowest BCUT2D eigenvalue weighted by Gasteiger charge is -2.09. The lowest BCUT2D eigenvalue weighted by atomic mass is 10.2. The van der Waals surface area contributed by atoms with Crippen molar-refractivity contribution < 1.29 is 14.3 Å². The highest BCUT2D eigenvalue weighted by molar-refractivity contribution is 9.10. The van der Waals surface area contributed by atoms with Gasteiger partial charge in [0, 0.05) is 16.3 Å². The van der Waals surface area contributed by atoms with Gasteiger partial charge in [0.2, 0.25) is 5.89 Å². The summed E-state index contributed by atoms with van der Waals surface area (Å²) < 4.78 is 12.1. The molecule has 6 heteroatoms. The van der Waals surface area contributed by atoms with Gasteiger partial charge in [0.1, 0.15) is 5.52 Å². The van der Waals surface area contributed by atoms with Crippen molar-refractivity contribution in [3.63, 3.8) is 0 Å². The maximum Gasteiger partial charge on any atom is 0.227 e. The van der Waals surface area contributed by atoms with Crippen molar-refractivity contribution in [3.8, 4) is 23.0 Å². The summed E-state index contributed by atoms with van der Waals surface area (Å²) in [5.41, 5.74) is 4.80. The maximum atomic E-state index is 10.4. The van der Waals surface area contributed by atoms with Crippen LogP contribution < -0.4 is 4.74 Å². The van der Waals surface area contributed by atoms with Crippen LogP contribution in [0.2, 0.25) is 0 Å². The molecule has 1 N–H and O–H groups in total. The highest BCUT2D eigenvalue weighted by atomic mass is 79.9. The van der Waals surface area contributed by atoms with Gasteiger partial charge in [-0.15, -0.1) is 0 Å². The van der Waals surface area contributed by atoms with Gasteiger partial charge in [-0.3, -0.25) is 4.99 Å². The van der Waals surface area contributed by atoms with Crippen molar-refractivity contribution in [3.05, 3.63) is 70.2 Å². The number of aromatic nitrogens is 1. The number of aromatic hydroxyl groups is 1. The standard InChI is InChI=1S/C23H19BrN2O3/c1-3-28-20-11-10-18(24)17(22(20)27)13-25-16-8-5-7-15(12-16)23-26-21-14(2)6-4-9-19(21)29-23/h4-13,27H,3H2,1-2H3. The monoisotopic (exact) mass is 450 g/mol. The van der Waals surface area contributed by atoms with Gasteiger partial charge in [0.05, 0.1) is 17.9 Å². The van der Waals surface area contributed by atoms with E-state index in [9.17, 15) is 5.11 Å². The fourth-order valence-electron chi connectivity index (χ4n) is 3.03. The molecule has 0 aliphatic carbocycles. The smallest absolute Gasteiger partial charge is 0.227 e. The third kappa shape index (κ3) is 3.89. The van der Waals surface area contributed by atoms with E-state index in [4.69, 9.17) is 9.15 Å². The Morgan fingerprint density at radius 2 is 2.00 bits per heavy atom. The minimum Gasteiger partial charge on any atom is -0.504 e. The summed E-state index contributed by atoms with van der Waals surface area (Å²) in [6, 6.07) is 17.0. The molecule has 1 heterocycles. The van der Waals surface area contributed by atoms with Gasteiger partial charge in [0.15, 0.2) is 17.1 Å². The maximum absolute atomic E-state index is 10.4. The van der Waals surface area contributed by atoms with Crippen LogP contribution in [0, 0.1) is 6.92 Å². The molecule has 5 nitrogen and oxygen atoms in total. The van der Waals surface area contributed by atoms with E-state index in [1.165, 1.54) is 0 Å². The van der Waals surface area contributed by atoms with Crippen molar-refractivity contribution >= 4 is 38.9 Å². The van der Waals surface area contributed by atoms with E-state index >= 15 is 0 Å². The van der Waals surface area contributed by atoms with Crippen LogP contribution in [-0.2, 0) is 0 Å². The number of hydrogen-bond donors (Lipinski definition) is 1. The topological polar surface area (TPSA) is 67.9 Å². The molecular formula is C23H19BrN2O3. The first-order valence-electron chi connectivity index (χ1n) is 9.21. The average Bonchev–Trinajstić information content (AvgIpc) is 3.16. The highest BCUT2D eigenvalue weighted by Gasteiger charge is 2.12. The molecule has 0 aliphatic heterocycles. The van der Waals surface area contributed by atoms with Crippen LogP contribution in [0.3, 0.4) is 0 Å². The molecule has 0 spiro atoms. The number of phenols is 1. The Morgan fingerprint density at radius 1 is 1.17 bits per heavy atom. The number of ether oxygens (including phenoxy) is 1. The van der Waals surface area contributed by atoms with Crippen LogP contribution in [0.1, 0.15) is 18.1 Å². The van der Waals surface area contributed by atoms with Gasteiger partial charge in [-0.2, -0.15) is 0 Å². The molecule has 4 rings (SSSR count). The van der Waals surface area contributed by atoms with E-state index in [1.54, 1.807) is 12.3 Å². The molecule has 0 aliphatic rings. The second-order valence-electron chi connectivity index (χ2n) is 6.49. The number of aliphatic imine (C=N–C) groups is 1. The Kier molecular flexibility index (Phi) is 5.36. The molecule has 0 fully saturated rings. The Hall–Kier alpha value is -3.12. The van der Waals surface area contributed by atoms with Crippen molar-refractivity contribution in [2.45, 2.75) is 13.8 Å². The number of fused-ring (bicyclic) bond motifs is 1. The second-order valence-corrected chi connectivity index (χ2v) is 7.34. The van der Waals surface area contributed by atoms with Gasteiger partial charge in [0.25, 0.3) is 0 Å². The highest BCUT2D eigenvalue weighted by Crippen LogP contribution is 2.35. The van der Waals surface area contributed by atoms with Gasteiger partial charge in [-0.25, -0.2) is 4.98 Å². The van der Waals surface area contributed by atoms with Gasteiger partial charge >= 0.3 is 0 Å². The average molecular weight is 451 g/mol. The summed E-state index contributed by atoms with van der Waals surface area (Å²) in [5.74, 6) is 1.03. The van der Waals surface area contributed by atoms with E-state index in [-0.39, 0.29) is 5.75 Å². The molecule has 0 unspecified atom stereocenters. The fourth-order valence-corrected chi connectivity index (χ4v) is 3.45. The van der Waals surface area contributed by atoms with Crippen LogP contribution in [-0.4, -0.2) is 22.9 Å². The molecule has 1 aromatic heterocycles. The summed E-state index contributed by atoms with van der Waals surface area (Å²) in [4.78, 5) is 9.14. The predicted molar refractivity (Wildman–Crippen MR) is 118 cm³/mol. The van der Waals surface area contributed by atoms with E-state index in [0.29, 0.717) is 23.8 Å². The largest absolute Gasteiger partial charge is 0.504 e. The number of para-hydroxylation sites is 1. The lowest BCUT2D eigenvalue weighted by Crippen LogP contribution is -1.94. The molecule has 0 amide bonds. The number of benzene rings is 3. The number of nitrogens with zero attached hydrogens (tertiary/aromatic N) is 2. The predicted octanol–water partition coefficient (Wildman–Crippen LogP) is 6.42. The van der Waals surface area contributed by atoms with Crippen LogP contribution >= 0.6 is 15.9 Å². The third-order valence-electron chi connectivity index (χ3n) is 4.48. The zero-order valence-electron chi connectivity index (χ0n) is 16.0. The van der Waals surface area contributed by atoms with Crippen molar-refractivity contribution in [2.24, 2.45) is 4.99 Å². The number of phenolic OH excluding ortho intramolecular Hbond substituents is 1. The molecule has 3 aromatic carbocycles. The minimum atomic E-state index is 0.0514. The number of halogens is 1. The number of oxazole rings is 1. The second kappa shape index (κ2) is 8.09. The quantitative estimate of drug-likeness (QED) is 0.356. The van der Waals surface area contributed by atoms with E-state index in [1.807, 2.05) is 62.4 Å². The Morgan fingerprint density at radius 3 is 2.79 bits per heavy atom. The Balaban J connectivity index is 1.68. The summed E-state index contributed by atoms with van der Waals surface area (Å²) in [5, 5.41) is 10.4. The fraction of sp³-hybridized carbons (Fsp3) is 0.130. The first-order chi connectivity index (χ1) is 14.1. The van der Waals surface area contributed by atoms with Gasteiger partial charge < -0.3 is 14.3 Å². The number of hydrogen-bond acceptors (Lipinski definition) is 5. The van der Waals surface area contributed by atoms with Crippen LogP contribution in [0.4, 0.5) is 5.69 Å². The molecule has 4 aromatic rings. The first-order valence-corrected chi connectivity index (χ1v) is 10.0. The molecule has 0 saturated carbocycles. The van der Waals surface area contributed by atoms with Crippen LogP contribution in [0.15, 0.2) is 68.5 Å². The summed E-state index contributed by atoms with van der Waals surface area (Å²) in [6.07, 6.45) is 1.61. The van der Waals surface area contributed by atoms with Crippen molar-refractivity contribution in [1.29, 1.82) is 0 Å². The zero-order valence-corrected chi connectivity index (χ0v) is 17.6. The summed E-state index contributed by atoms with van der Waals surface area (Å²) in [6.45, 7) is 4.35. The summed E-state index contributed by atoms with van der Waals surface area (Å²) >= 11 is 3.45. The zero-order chi connectivity index (χ0) is 20.4. The first kappa shape index (κ1) is 19.2. The molecule has 0 atom stereocenters. The number of rotatable bonds is 5. The molecule has 0 radical (unpaired) electrons. The SMILES string of the molecule is CCOc1ccc(Br)c(C=Nc2cccc(-c3nc4c(C)cccc4o3)c2)c1O. The molecule has 29 heavy (non-hydrogen) atoms. The van der Waals surface area contributed by atoms with Crippen LogP contribution in [0.25, 0.3) is 22.6 Å². The summed E-state index contributed by atoms with van der Waals surface area (Å²) in [7, 11) is 0. The Labute approximate surface area is 176 Å². The van der Waals surface area contributed by atoms with Crippen molar-refractivity contribution in [1.82, 2.24) is 4.98 Å². The lowest BCUT2D eigenvalue weighted by molar-refractivity contribution is 0.318. The number of aryl methyl sites for hydroxylation is 1. The Bertz CT molecular complexity index is 1210.